The summed E-state index contributed by atoms with van der Waals surface area (Å²) in [6.45, 7) is 2.69. The third kappa shape index (κ3) is 5.91. The molecule has 1 amide bonds. The average Bonchev–Trinajstić information content (AvgIpc) is 2.02. The summed E-state index contributed by atoms with van der Waals surface area (Å²) in [5, 5.41) is 1.33. The SMILES string of the molecule is CCCCCN([C]=O)NC(N)=S. The zero-order valence-corrected chi connectivity index (χ0v) is 7.99. The molecule has 5 heteroatoms. The maximum atomic E-state index is 10.3. The number of carbonyl (C=O) groups excluding carboxylic acids is 1. The molecule has 0 aromatic rings. The summed E-state index contributed by atoms with van der Waals surface area (Å²) in [6.07, 6.45) is 4.82. The van der Waals surface area contributed by atoms with Crippen molar-refractivity contribution in [2.24, 2.45) is 5.73 Å². The van der Waals surface area contributed by atoms with E-state index in [1.165, 1.54) is 5.01 Å². The molecular weight excluding hydrogens is 174 g/mol. The van der Waals surface area contributed by atoms with E-state index in [4.69, 9.17) is 5.73 Å². The summed E-state index contributed by atoms with van der Waals surface area (Å²) in [4.78, 5) is 10.3. The van der Waals surface area contributed by atoms with E-state index in [-0.39, 0.29) is 5.11 Å². The highest BCUT2D eigenvalue weighted by atomic mass is 32.1. The number of hydrazine groups is 1. The zero-order chi connectivity index (χ0) is 9.40. The number of nitrogens with zero attached hydrogens (tertiary/aromatic N) is 1. The first-order chi connectivity index (χ1) is 5.70. The molecule has 0 saturated heterocycles. The Balaban J connectivity index is 3.53. The normalized spacial score (nSPS) is 9.08. The lowest BCUT2D eigenvalue weighted by molar-refractivity contribution is 0.337. The predicted molar refractivity (Wildman–Crippen MR) is 51.8 cm³/mol. The van der Waals surface area contributed by atoms with Crippen LogP contribution >= 0.6 is 12.2 Å². The number of amides is 1. The van der Waals surface area contributed by atoms with Gasteiger partial charge in [0.15, 0.2) is 5.11 Å². The van der Waals surface area contributed by atoms with Gasteiger partial charge in [0.2, 0.25) is 0 Å². The number of nitrogens with two attached hydrogens (primary N) is 1. The number of nitrogens with one attached hydrogen (secondary N) is 1. The van der Waals surface area contributed by atoms with Crippen LogP contribution in [-0.2, 0) is 4.79 Å². The smallest absolute Gasteiger partial charge is 0.332 e. The Bertz CT molecular complexity index is 152. The van der Waals surface area contributed by atoms with Crippen molar-refractivity contribution in [1.29, 1.82) is 0 Å². The van der Waals surface area contributed by atoms with Crippen molar-refractivity contribution in [2.75, 3.05) is 6.54 Å². The first-order valence-electron chi connectivity index (χ1n) is 3.92. The van der Waals surface area contributed by atoms with Crippen molar-refractivity contribution < 1.29 is 4.79 Å². The highest BCUT2D eigenvalue weighted by molar-refractivity contribution is 7.80. The van der Waals surface area contributed by atoms with E-state index in [1.807, 2.05) is 0 Å². The number of hydrogen-bond acceptors (Lipinski definition) is 2. The van der Waals surface area contributed by atoms with Gasteiger partial charge in [-0.15, -0.1) is 0 Å². The molecule has 1 radical (unpaired) electrons. The molecule has 4 nitrogen and oxygen atoms in total. The maximum absolute atomic E-state index is 10.3. The van der Waals surface area contributed by atoms with E-state index in [9.17, 15) is 4.79 Å². The molecular formula is C7H14N3OS. The van der Waals surface area contributed by atoms with Gasteiger partial charge in [0.05, 0.1) is 0 Å². The molecule has 0 rings (SSSR count). The van der Waals surface area contributed by atoms with E-state index in [0.29, 0.717) is 6.54 Å². The first kappa shape index (κ1) is 11.2. The lowest BCUT2D eigenvalue weighted by Gasteiger charge is -2.16. The predicted octanol–water partition coefficient (Wildman–Crippen LogP) is 0.294. The number of rotatable bonds is 6. The van der Waals surface area contributed by atoms with E-state index in [2.05, 4.69) is 24.6 Å². The minimum atomic E-state index is 0.0925. The highest BCUT2D eigenvalue weighted by Crippen LogP contribution is 1.94. The largest absolute Gasteiger partial charge is 0.375 e. The van der Waals surface area contributed by atoms with Crippen LogP contribution in [0, 0.1) is 0 Å². The van der Waals surface area contributed by atoms with Crippen LogP contribution in [0.25, 0.3) is 0 Å². The quantitative estimate of drug-likeness (QED) is 0.272. The van der Waals surface area contributed by atoms with Crippen LogP contribution < -0.4 is 11.2 Å². The summed E-state index contributed by atoms with van der Waals surface area (Å²) < 4.78 is 0. The molecule has 0 unspecified atom stereocenters. The fourth-order valence-electron chi connectivity index (χ4n) is 0.777. The number of thiocarbonyl (C=S) groups is 1. The monoisotopic (exact) mass is 188 g/mol. The Morgan fingerprint density at radius 3 is 2.75 bits per heavy atom. The first-order valence-corrected chi connectivity index (χ1v) is 4.33. The molecule has 0 aliphatic heterocycles. The minimum absolute atomic E-state index is 0.0925. The van der Waals surface area contributed by atoms with Gasteiger partial charge in [-0.05, 0) is 18.6 Å². The van der Waals surface area contributed by atoms with E-state index < -0.39 is 0 Å². The molecule has 0 atom stereocenters. The molecule has 69 valence electrons. The molecule has 0 aromatic carbocycles. The van der Waals surface area contributed by atoms with E-state index in [0.717, 1.165) is 19.3 Å². The van der Waals surface area contributed by atoms with Gasteiger partial charge >= 0.3 is 6.41 Å². The van der Waals surface area contributed by atoms with Crippen LogP contribution in [0.5, 0.6) is 0 Å². The van der Waals surface area contributed by atoms with Crippen LogP contribution in [0.1, 0.15) is 26.2 Å². The van der Waals surface area contributed by atoms with Crippen LogP contribution in [0.15, 0.2) is 0 Å². The lowest BCUT2D eigenvalue weighted by Crippen LogP contribution is -2.44. The third-order valence-corrected chi connectivity index (χ3v) is 1.43. The molecule has 12 heavy (non-hydrogen) atoms. The topological polar surface area (TPSA) is 58.4 Å². The molecule has 0 fully saturated rings. The van der Waals surface area contributed by atoms with Gasteiger partial charge in [0.1, 0.15) is 0 Å². The Hall–Kier alpha value is -0.840. The standard InChI is InChI=1S/C7H14N3OS/c1-2-3-4-5-10(6-11)9-7(8)12/h2-5H2,1H3,(H3,8,9,12). The third-order valence-electron chi connectivity index (χ3n) is 1.34. The molecule has 0 aromatic heterocycles. The summed E-state index contributed by atoms with van der Waals surface area (Å²) in [5.74, 6) is 0. The molecule has 3 N–H and O–H groups in total. The molecule has 0 aliphatic carbocycles. The fraction of sp³-hybridized carbons (Fsp3) is 0.714. The minimum Gasteiger partial charge on any atom is -0.375 e. The molecule has 0 spiro atoms. The van der Waals surface area contributed by atoms with Crippen molar-refractivity contribution in [3.63, 3.8) is 0 Å². The number of unbranched alkanes of at least 4 members (excludes halogenated alkanes) is 2. The zero-order valence-electron chi connectivity index (χ0n) is 7.17. The highest BCUT2D eigenvalue weighted by Gasteiger charge is 2.00. The van der Waals surface area contributed by atoms with Crippen molar-refractivity contribution in [3.8, 4) is 0 Å². The summed E-state index contributed by atoms with van der Waals surface area (Å²) in [6, 6.07) is 0. The van der Waals surface area contributed by atoms with Gasteiger partial charge in [0.25, 0.3) is 0 Å². The lowest BCUT2D eigenvalue weighted by atomic mass is 10.2. The Labute approximate surface area is 78.1 Å². The van der Waals surface area contributed by atoms with E-state index >= 15 is 0 Å². The fourth-order valence-corrected chi connectivity index (χ4v) is 0.887. The second-order valence-electron chi connectivity index (χ2n) is 2.43. The Kier molecular flexibility index (Phi) is 6.37. The maximum Gasteiger partial charge on any atom is 0.332 e. The molecule has 0 bridgehead atoms. The van der Waals surface area contributed by atoms with Crippen LogP contribution in [0.2, 0.25) is 0 Å². The van der Waals surface area contributed by atoms with Gasteiger partial charge in [-0.1, -0.05) is 19.8 Å². The summed E-state index contributed by atoms with van der Waals surface area (Å²) in [5.41, 5.74) is 7.68. The van der Waals surface area contributed by atoms with Gasteiger partial charge in [-0.25, -0.2) is 5.01 Å². The van der Waals surface area contributed by atoms with Gasteiger partial charge in [-0.2, -0.15) is 0 Å². The van der Waals surface area contributed by atoms with Crippen molar-refractivity contribution in [2.45, 2.75) is 26.2 Å². The number of hydrogen-bond donors (Lipinski definition) is 2. The van der Waals surface area contributed by atoms with Crippen molar-refractivity contribution >= 4 is 23.7 Å². The van der Waals surface area contributed by atoms with Crippen molar-refractivity contribution in [3.05, 3.63) is 0 Å². The molecule has 0 saturated carbocycles. The average molecular weight is 188 g/mol. The van der Waals surface area contributed by atoms with Crippen LogP contribution in [-0.4, -0.2) is 23.1 Å². The Morgan fingerprint density at radius 2 is 2.33 bits per heavy atom. The summed E-state index contributed by atoms with van der Waals surface area (Å²) >= 11 is 4.56. The summed E-state index contributed by atoms with van der Waals surface area (Å²) in [7, 11) is 0. The van der Waals surface area contributed by atoms with Crippen molar-refractivity contribution in [1.82, 2.24) is 10.4 Å². The van der Waals surface area contributed by atoms with E-state index in [1.54, 1.807) is 6.41 Å². The second kappa shape index (κ2) is 6.84. The van der Waals surface area contributed by atoms with Gasteiger partial charge < -0.3 is 5.73 Å². The molecule has 0 heterocycles. The van der Waals surface area contributed by atoms with Crippen LogP contribution in [0.3, 0.4) is 0 Å². The Morgan fingerprint density at radius 1 is 1.67 bits per heavy atom. The van der Waals surface area contributed by atoms with Crippen LogP contribution in [0.4, 0.5) is 0 Å². The second-order valence-corrected chi connectivity index (χ2v) is 2.87. The van der Waals surface area contributed by atoms with Gasteiger partial charge in [0, 0.05) is 6.54 Å². The van der Waals surface area contributed by atoms with Gasteiger partial charge in [-0.3, -0.25) is 10.2 Å². The molecule has 0 aliphatic rings.